The third kappa shape index (κ3) is 3.55. The molecule has 1 unspecified atom stereocenters. The highest BCUT2D eigenvalue weighted by Gasteiger charge is 2.31. The third-order valence-corrected chi connectivity index (χ3v) is 4.64. The van der Waals surface area contributed by atoms with Crippen LogP contribution >= 0.6 is 0 Å². The van der Waals surface area contributed by atoms with Crippen LogP contribution in [0.3, 0.4) is 0 Å². The highest BCUT2D eigenvalue weighted by molar-refractivity contribution is 5.75. The second-order valence-electron chi connectivity index (χ2n) is 6.42. The van der Waals surface area contributed by atoms with Gasteiger partial charge in [0.25, 0.3) is 0 Å². The van der Waals surface area contributed by atoms with E-state index in [0.29, 0.717) is 17.7 Å². The molecule has 1 atom stereocenters. The minimum atomic E-state index is 0.358. The lowest BCUT2D eigenvalue weighted by Gasteiger charge is -2.38. The number of likely N-dealkylation sites (tertiary alicyclic amines) is 2. The maximum atomic E-state index is 11.2. The van der Waals surface area contributed by atoms with Crippen molar-refractivity contribution in [2.45, 2.75) is 58.5 Å². The first-order valence-electron chi connectivity index (χ1n) is 7.53. The zero-order valence-corrected chi connectivity index (χ0v) is 12.2. The van der Waals surface area contributed by atoms with Crippen LogP contribution in [-0.4, -0.2) is 53.8 Å². The lowest BCUT2D eigenvalue weighted by molar-refractivity contribution is -0.117. The lowest BCUT2D eigenvalue weighted by atomic mass is 10.0. The van der Waals surface area contributed by atoms with Crippen molar-refractivity contribution in [1.82, 2.24) is 9.80 Å². The van der Waals surface area contributed by atoms with Crippen LogP contribution in [0.4, 0.5) is 0 Å². The smallest absolute Gasteiger partial charge is 0.130 e. The number of nitrogens with zero attached hydrogens (tertiary/aromatic N) is 2. The molecular formula is C15H28N2O. The van der Waals surface area contributed by atoms with Crippen LogP contribution < -0.4 is 0 Å². The van der Waals surface area contributed by atoms with E-state index in [1.807, 2.05) is 0 Å². The summed E-state index contributed by atoms with van der Waals surface area (Å²) in [5.41, 5.74) is 0. The van der Waals surface area contributed by atoms with Crippen LogP contribution in [0.25, 0.3) is 0 Å². The first kappa shape index (κ1) is 14.0. The summed E-state index contributed by atoms with van der Waals surface area (Å²) in [6.45, 7) is 11.2. The zero-order chi connectivity index (χ0) is 13.1. The van der Waals surface area contributed by atoms with Crippen molar-refractivity contribution >= 4 is 5.78 Å². The molecule has 0 saturated carbocycles. The summed E-state index contributed by atoms with van der Waals surface area (Å²) >= 11 is 0. The Labute approximate surface area is 112 Å². The Kier molecular flexibility index (Phi) is 4.79. The number of Topliss-reactive ketones (excluding diaryl/α,β-unsaturated/α-hetero) is 1. The Morgan fingerprint density at radius 3 is 2.39 bits per heavy atom. The summed E-state index contributed by atoms with van der Waals surface area (Å²) < 4.78 is 0. The van der Waals surface area contributed by atoms with E-state index in [-0.39, 0.29) is 0 Å². The SMILES string of the molecule is CC(=O)CC1CCN(C2CCN(C(C)C)CC2)C1. The molecule has 3 heteroatoms. The summed E-state index contributed by atoms with van der Waals surface area (Å²) in [7, 11) is 0. The standard InChI is InChI=1S/C15H28N2O/c1-12(2)16-8-5-15(6-9-16)17-7-4-14(11-17)10-13(3)18/h12,14-15H,4-11H2,1-3H3. The van der Waals surface area contributed by atoms with E-state index in [4.69, 9.17) is 0 Å². The second kappa shape index (κ2) is 6.16. The Balaban J connectivity index is 1.76. The maximum absolute atomic E-state index is 11.2. The molecule has 2 aliphatic rings. The van der Waals surface area contributed by atoms with Crippen molar-refractivity contribution in [2.24, 2.45) is 5.92 Å². The monoisotopic (exact) mass is 252 g/mol. The van der Waals surface area contributed by atoms with Gasteiger partial charge < -0.3 is 9.69 Å². The van der Waals surface area contributed by atoms with E-state index in [1.54, 1.807) is 6.92 Å². The lowest BCUT2D eigenvalue weighted by Crippen LogP contribution is -2.46. The first-order valence-corrected chi connectivity index (χ1v) is 7.53. The van der Waals surface area contributed by atoms with Gasteiger partial charge >= 0.3 is 0 Å². The van der Waals surface area contributed by atoms with Gasteiger partial charge in [0, 0.05) is 25.0 Å². The molecule has 2 fully saturated rings. The van der Waals surface area contributed by atoms with Crippen molar-refractivity contribution in [3.05, 3.63) is 0 Å². The van der Waals surface area contributed by atoms with E-state index >= 15 is 0 Å². The van der Waals surface area contributed by atoms with E-state index in [1.165, 1.54) is 38.9 Å². The van der Waals surface area contributed by atoms with Crippen molar-refractivity contribution < 1.29 is 4.79 Å². The van der Waals surface area contributed by atoms with E-state index in [9.17, 15) is 4.79 Å². The molecule has 0 aromatic heterocycles. The quantitative estimate of drug-likeness (QED) is 0.766. The normalized spacial score (nSPS) is 28.1. The molecule has 104 valence electrons. The highest BCUT2D eigenvalue weighted by Crippen LogP contribution is 2.26. The molecule has 2 aliphatic heterocycles. The average molecular weight is 252 g/mol. The molecule has 0 radical (unpaired) electrons. The molecule has 0 amide bonds. The number of ketones is 1. The van der Waals surface area contributed by atoms with Gasteiger partial charge in [-0.25, -0.2) is 0 Å². The fourth-order valence-electron chi connectivity index (χ4n) is 3.53. The van der Waals surface area contributed by atoms with Gasteiger partial charge in [0.05, 0.1) is 0 Å². The topological polar surface area (TPSA) is 23.6 Å². The molecule has 0 spiro atoms. The number of hydrogen-bond donors (Lipinski definition) is 0. The minimum Gasteiger partial charge on any atom is -0.301 e. The number of carbonyl (C=O) groups is 1. The predicted molar refractivity (Wildman–Crippen MR) is 74.7 cm³/mol. The fourth-order valence-corrected chi connectivity index (χ4v) is 3.53. The Morgan fingerprint density at radius 1 is 1.17 bits per heavy atom. The van der Waals surface area contributed by atoms with Crippen molar-refractivity contribution in [2.75, 3.05) is 26.2 Å². The first-order chi connectivity index (χ1) is 8.56. The van der Waals surface area contributed by atoms with Gasteiger partial charge in [0.15, 0.2) is 0 Å². The maximum Gasteiger partial charge on any atom is 0.130 e. The Morgan fingerprint density at radius 2 is 1.83 bits per heavy atom. The van der Waals surface area contributed by atoms with Gasteiger partial charge in [-0.3, -0.25) is 4.90 Å². The van der Waals surface area contributed by atoms with Crippen LogP contribution in [0.15, 0.2) is 0 Å². The van der Waals surface area contributed by atoms with Crippen LogP contribution in [0.2, 0.25) is 0 Å². The number of piperidine rings is 1. The summed E-state index contributed by atoms with van der Waals surface area (Å²) in [5, 5.41) is 0. The summed E-state index contributed by atoms with van der Waals surface area (Å²) in [5.74, 6) is 0.988. The van der Waals surface area contributed by atoms with Gasteiger partial charge in [-0.1, -0.05) is 0 Å². The third-order valence-electron chi connectivity index (χ3n) is 4.64. The van der Waals surface area contributed by atoms with Gasteiger partial charge in [0.1, 0.15) is 5.78 Å². The fraction of sp³-hybridized carbons (Fsp3) is 0.933. The highest BCUT2D eigenvalue weighted by atomic mass is 16.1. The molecule has 0 bridgehead atoms. The Hall–Kier alpha value is -0.410. The largest absolute Gasteiger partial charge is 0.301 e. The minimum absolute atomic E-state index is 0.358. The van der Waals surface area contributed by atoms with Gasteiger partial charge in [-0.05, 0) is 65.6 Å². The molecule has 2 saturated heterocycles. The Bertz CT molecular complexity index is 282. The summed E-state index contributed by atoms with van der Waals surface area (Å²) in [6.07, 6.45) is 4.64. The molecule has 3 nitrogen and oxygen atoms in total. The van der Waals surface area contributed by atoms with Crippen molar-refractivity contribution in [1.29, 1.82) is 0 Å². The van der Waals surface area contributed by atoms with Crippen molar-refractivity contribution in [3.63, 3.8) is 0 Å². The summed E-state index contributed by atoms with van der Waals surface area (Å²) in [6, 6.07) is 1.46. The summed E-state index contributed by atoms with van der Waals surface area (Å²) in [4.78, 5) is 16.4. The zero-order valence-electron chi connectivity index (χ0n) is 12.2. The molecule has 0 aromatic rings. The number of carbonyl (C=O) groups excluding carboxylic acids is 1. The molecule has 0 aliphatic carbocycles. The van der Waals surface area contributed by atoms with Crippen LogP contribution in [0.5, 0.6) is 0 Å². The van der Waals surface area contributed by atoms with Gasteiger partial charge in [-0.2, -0.15) is 0 Å². The van der Waals surface area contributed by atoms with Crippen LogP contribution in [0.1, 0.15) is 46.5 Å². The number of hydrogen-bond acceptors (Lipinski definition) is 3. The van der Waals surface area contributed by atoms with Gasteiger partial charge in [-0.15, -0.1) is 0 Å². The van der Waals surface area contributed by atoms with Crippen LogP contribution in [-0.2, 0) is 4.79 Å². The second-order valence-corrected chi connectivity index (χ2v) is 6.42. The molecule has 0 N–H and O–H groups in total. The molecule has 18 heavy (non-hydrogen) atoms. The average Bonchev–Trinajstić information content (AvgIpc) is 2.76. The van der Waals surface area contributed by atoms with Crippen molar-refractivity contribution in [3.8, 4) is 0 Å². The molecule has 0 aromatic carbocycles. The molecular weight excluding hydrogens is 224 g/mol. The molecule has 2 rings (SSSR count). The van der Waals surface area contributed by atoms with E-state index < -0.39 is 0 Å². The van der Waals surface area contributed by atoms with E-state index in [0.717, 1.165) is 19.0 Å². The van der Waals surface area contributed by atoms with Crippen LogP contribution in [0, 0.1) is 5.92 Å². The molecule has 2 heterocycles. The van der Waals surface area contributed by atoms with E-state index in [2.05, 4.69) is 23.6 Å². The predicted octanol–water partition coefficient (Wildman–Crippen LogP) is 2.16. The van der Waals surface area contributed by atoms with Gasteiger partial charge in [0.2, 0.25) is 0 Å². The number of rotatable bonds is 4.